The molecule has 0 N–H and O–H groups in total. The highest BCUT2D eigenvalue weighted by Gasteiger charge is 2.25. The number of halogens is 1. The van der Waals surface area contributed by atoms with Gasteiger partial charge in [0.25, 0.3) is 0 Å². The van der Waals surface area contributed by atoms with Crippen LogP contribution < -0.4 is 0 Å². The summed E-state index contributed by atoms with van der Waals surface area (Å²) in [4.78, 5) is 7.20. The topological polar surface area (TPSA) is 38.9 Å². The van der Waals surface area contributed by atoms with Crippen LogP contribution in [0.1, 0.15) is 37.7 Å². The predicted octanol–water partition coefficient (Wildman–Crippen LogP) is 2.56. The van der Waals surface area contributed by atoms with Crippen molar-refractivity contribution in [3.63, 3.8) is 0 Å². The van der Waals surface area contributed by atoms with Gasteiger partial charge >= 0.3 is 0 Å². The second-order valence-electron chi connectivity index (χ2n) is 6.04. The van der Waals surface area contributed by atoms with Gasteiger partial charge in [0.05, 0.1) is 11.6 Å². The highest BCUT2D eigenvalue weighted by atomic mass is 35.5. The van der Waals surface area contributed by atoms with E-state index < -0.39 is 0 Å². The van der Waals surface area contributed by atoms with Gasteiger partial charge in [-0.25, -0.2) is 4.98 Å². The molecule has 5 nitrogen and oxygen atoms in total. The van der Waals surface area contributed by atoms with Gasteiger partial charge in [0.1, 0.15) is 11.3 Å². The Morgan fingerprint density at radius 1 is 1.33 bits per heavy atom. The van der Waals surface area contributed by atoms with E-state index in [1.165, 1.54) is 19.4 Å². The van der Waals surface area contributed by atoms with E-state index in [2.05, 4.69) is 28.5 Å². The van der Waals surface area contributed by atoms with E-state index in [4.69, 9.17) is 16.6 Å². The van der Waals surface area contributed by atoms with Crippen molar-refractivity contribution in [3.05, 3.63) is 11.5 Å². The van der Waals surface area contributed by atoms with Gasteiger partial charge in [0.15, 0.2) is 5.65 Å². The molecule has 1 saturated heterocycles. The van der Waals surface area contributed by atoms with Gasteiger partial charge in [-0.3, -0.25) is 4.68 Å². The minimum absolute atomic E-state index is 0.455. The third kappa shape index (κ3) is 2.57. The van der Waals surface area contributed by atoms with Gasteiger partial charge in [-0.15, -0.1) is 11.6 Å². The van der Waals surface area contributed by atoms with Gasteiger partial charge in [-0.2, -0.15) is 5.10 Å². The Hall–Kier alpha value is -1.07. The van der Waals surface area contributed by atoms with Gasteiger partial charge in [-0.05, 0) is 32.9 Å². The van der Waals surface area contributed by atoms with Crippen LogP contribution in [-0.2, 0) is 25.9 Å². The highest BCUT2D eigenvalue weighted by Crippen LogP contribution is 2.25. The number of likely N-dealkylation sites (tertiary alicyclic amines) is 1. The molecule has 1 aliphatic rings. The highest BCUT2D eigenvalue weighted by molar-refractivity contribution is 6.16. The quantitative estimate of drug-likeness (QED) is 0.797. The lowest BCUT2D eigenvalue weighted by Crippen LogP contribution is -2.30. The Kier molecular flexibility index (Phi) is 4.22. The molecule has 1 aliphatic heterocycles. The van der Waals surface area contributed by atoms with Crippen LogP contribution in [0, 0.1) is 0 Å². The summed E-state index contributed by atoms with van der Waals surface area (Å²) >= 11 is 6.14. The van der Waals surface area contributed by atoms with E-state index in [-0.39, 0.29) is 0 Å². The fourth-order valence-electron chi connectivity index (χ4n) is 3.41. The number of imidazole rings is 1. The molecule has 3 heterocycles. The van der Waals surface area contributed by atoms with Crippen molar-refractivity contribution >= 4 is 22.8 Å². The molecule has 0 aliphatic carbocycles. The molecular formula is C15H24ClN5. The fraction of sp³-hybridized carbons (Fsp3) is 0.733. The van der Waals surface area contributed by atoms with E-state index in [0.717, 1.165) is 42.1 Å². The van der Waals surface area contributed by atoms with E-state index in [1.54, 1.807) is 0 Å². The molecule has 0 amide bonds. The minimum atomic E-state index is 0.455. The number of aromatic nitrogens is 4. The predicted molar refractivity (Wildman–Crippen MR) is 85.7 cm³/mol. The number of rotatable bonds is 5. The molecule has 3 rings (SSSR count). The zero-order valence-electron chi connectivity index (χ0n) is 13.1. The lowest BCUT2D eigenvalue weighted by Gasteiger charge is -2.21. The van der Waals surface area contributed by atoms with E-state index in [1.807, 2.05) is 11.7 Å². The summed E-state index contributed by atoms with van der Waals surface area (Å²) in [5.74, 6) is 1.42. The fourth-order valence-corrected chi connectivity index (χ4v) is 3.61. The van der Waals surface area contributed by atoms with Crippen molar-refractivity contribution in [1.82, 2.24) is 24.2 Å². The molecule has 6 heteroatoms. The van der Waals surface area contributed by atoms with Crippen LogP contribution in [-0.4, -0.2) is 43.9 Å². The molecular weight excluding hydrogens is 286 g/mol. The Morgan fingerprint density at radius 2 is 2.14 bits per heavy atom. The second kappa shape index (κ2) is 5.97. The zero-order chi connectivity index (χ0) is 15.0. The summed E-state index contributed by atoms with van der Waals surface area (Å²) in [7, 11) is 4.22. The molecule has 1 atom stereocenters. The number of alkyl halides is 1. The summed E-state index contributed by atoms with van der Waals surface area (Å²) in [6.07, 6.45) is 4.58. The first kappa shape index (κ1) is 14.9. The third-order valence-electron chi connectivity index (χ3n) is 4.54. The molecule has 0 radical (unpaired) electrons. The van der Waals surface area contributed by atoms with Crippen molar-refractivity contribution in [1.29, 1.82) is 0 Å². The standard InChI is InChI=1S/C15H24ClN5/c1-4-6-12-14-15(20(3)18-12)21(13(9-16)17-14)10-11-7-5-8-19(11)2/h11H,4-10H2,1-3H3. The first-order valence-corrected chi connectivity index (χ1v) is 8.36. The van der Waals surface area contributed by atoms with Crippen LogP contribution in [0.2, 0.25) is 0 Å². The lowest BCUT2D eigenvalue weighted by molar-refractivity contribution is 0.282. The van der Waals surface area contributed by atoms with Crippen molar-refractivity contribution in [3.8, 4) is 0 Å². The molecule has 2 aromatic heterocycles. The Morgan fingerprint density at radius 3 is 2.76 bits per heavy atom. The van der Waals surface area contributed by atoms with Crippen molar-refractivity contribution in [2.75, 3.05) is 13.6 Å². The van der Waals surface area contributed by atoms with Crippen molar-refractivity contribution in [2.45, 2.75) is 51.1 Å². The first-order chi connectivity index (χ1) is 10.2. The lowest BCUT2D eigenvalue weighted by atomic mass is 10.2. The molecule has 21 heavy (non-hydrogen) atoms. The first-order valence-electron chi connectivity index (χ1n) is 7.82. The van der Waals surface area contributed by atoms with Crippen molar-refractivity contribution in [2.24, 2.45) is 7.05 Å². The second-order valence-corrected chi connectivity index (χ2v) is 6.31. The van der Waals surface area contributed by atoms with Crippen LogP contribution in [0.15, 0.2) is 0 Å². The number of aryl methyl sites for hydroxylation is 2. The zero-order valence-corrected chi connectivity index (χ0v) is 13.9. The van der Waals surface area contributed by atoms with Crippen LogP contribution in [0.3, 0.4) is 0 Å². The monoisotopic (exact) mass is 309 g/mol. The largest absolute Gasteiger partial charge is 0.310 e. The summed E-state index contributed by atoms with van der Waals surface area (Å²) in [5.41, 5.74) is 3.25. The van der Waals surface area contributed by atoms with E-state index >= 15 is 0 Å². The van der Waals surface area contributed by atoms with E-state index in [9.17, 15) is 0 Å². The van der Waals surface area contributed by atoms with Gasteiger partial charge in [0, 0.05) is 19.6 Å². The molecule has 0 aromatic carbocycles. The average Bonchev–Trinajstić information content (AvgIpc) is 3.10. The average molecular weight is 310 g/mol. The minimum Gasteiger partial charge on any atom is -0.310 e. The third-order valence-corrected chi connectivity index (χ3v) is 4.78. The number of hydrogen-bond acceptors (Lipinski definition) is 3. The maximum absolute atomic E-state index is 6.14. The molecule has 1 fully saturated rings. The Labute approximate surface area is 130 Å². The molecule has 0 bridgehead atoms. The summed E-state index contributed by atoms with van der Waals surface area (Å²) in [6, 6.07) is 0.578. The molecule has 116 valence electrons. The molecule has 0 saturated carbocycles. The maximum atomic E-state index is 6.14. The molecule has 0 spiro atoms. The van der Waals surface area contributed by atoms with Crippen LogP contribution in [0.5, 0.6) is 0 Å². The number of likely N-dealkylation sites (N-methyl/N-ethyl adjacent to an activating group) is 1. The van der Waals surface area contributed by atoms with Crippen LogP contribution in [0.25, 0.3) is 11.2 Å². The van der Waals surface area contributed by atoms with Crippen LogP contribution >= 0.6 is 11.6 Å². The van der Waals surface area contributed by atoms with E-state index in [0.29, 0.717) is 11.9 Å². The SMILES string of the molecule is CCCc1nn(C)c2c1nc(CCl)n2CC1CCCN1C. The number of fused-ring (bicyclic) bond motifs is 1. The number of nitrogens with zero attached hydrogens (tertiary/aromatic N) is 5. The summed E-state index contributed by atoms with van der Waals surface area (Å²) < 4.78 is 4.25. The Bertz CT molecular complexity index is 630. The molecule has 1 unspecified atom stereocenters. The molecule has 2 aromatic rings. The van der Waals surface area contributed by atoms with Crippen molar-refractivity contribution < 1.29 is 0 Å². The summed E-state index contributed by atoms with van der Waals surface area (Å²) in [6.45, 7) is 4.32. The van der Waals surface area contributed by atoms with Gasteiger partial charge in [0.2, 0.25) is 0 Å². The van der Waals surface area contributed by atoms with Gasteiger partial charge < -0.3 is 9.47 Å². The van der Waals surface area contributed by atoms with Crippen LogP contribution in [0.4, 0.5) is 0 Å². The van der Waals surface area contributed by atoms with Gasteiger partial charge in [-0.1, -0.05) is 13.3 Å². The number of hydrogen-bond donors (Lipinski definition) is 0. The summed E-state index contributed by atoms with van der Waals surface area (Å²) in [5, 5.41) is 4.65. The smallest absolute Gasteiger partial charge is 0.158 e. The normalized spacial score (nSPS) is 19.9. The maximum Gasteiger partial charge on any atom is 0.158 e. The Balaban J connectivity index is 2.03.